The number of nitrogens with one attached hydrogen (secondary N) is 3. The first-order chi connectivity index (χ1) is 21.1. The Kier molecular flexibility index (Phi) is 18.4. The minimum Gasteiger partial charge on any atom is -0.464 e. The van der Waals surface area contributed by atoms with Crippen LogP contribution in [0.2, 0.25) is 0 Å². The van der Waals surface area contributed by atoms with E-state index in [1.807, 2.05) is 45.2 Å². The molecule has 0 atom stereocenters. The first-order valence-corrected chi connectivity index (χ1v) is 16.2. The molecule has 0 saturated carbocycles. The predicted molar refractivity (Wildman–Crippen MR) is 183 cm³/mol. The van der Waals surface area contributed by atoms with Crippen molar-refractivity contribution in [3.8, 4) is 0 Å². The van der Waals surface area contributed by atoms with E-state index >= 15 is 0 Å². The summed E-state index contributed by atoms with van der Waals surface area (Å²) in [5.74, 6) is -4.59. The number of rotatable bonds is 17. The van der Waals surface area contributed by atoms with Gasteiger partial charge in [0, 0.05) is 31.3 Å². The zero-order valence-corrected chi connectivity index (χ0v) is 31.2. The SMILES string of the molecule is C=CCOCC(=O)Nc1c(I)c(C(=O)NC(COC(C)=O)COC(C)=O)c(I)c(C(=O)NC(COC(C)=O)COC(C)=O)c1I. The molecule has 0 aliphatic carbocycles. The normalized spacial score (nSPS) is 10.5. The van der Waals surface area contributed by atoms with E-state index in [1.54, 1.807) is 22.6 Å². The van der Waals surface area contributed by atoms with Crippen molar-refractivity contribution in [2.75, 3.05) is 45.0 Å². The van der Waals surface area contributed by atoms with Crippen LogP contribution in [-0.4, -0.2) is 93.3 Å². The van der Waals surface area contributed by atoms with Crippen LogP contribution >= 0.6 is 67.8 Å². The first kappa shape index (κ1) is 40.4. The number of carbonyl (C=O) groups excluding carboxylic acids is 7. The second-order valence-electron chi connectivity index (χ2n) is 8.97. The Bertz CT molecular complexity index is 1200. The lowest BCUT2D eigenvalue weighted by Gasteiger charge is -2.23. The molecule has 0 heterocycles. The van der Waals surface area contributed by atoms with Crippen LogP contribution in [0, 0.1) is 10.7 Å². The number of halogens is 3. The molecule has 1 rings (SSSR count). The number of hydrogen-bond acceptors (Lipinski definition) is 12. The number of ether oxygens (including phenoxy) is 5. The Hall–Kier alpha value is -2.60. The smallest absolute Gasteiger partial charge is 0.302 e. The van der Waals surface area contributed by atoms with Crippen LogP contribution < -0.4 is 16.0 Å². The van der Waals surface area contributed by atoms with E-state index in [9.17, 15) is 33.6 Å². The highest BCUT2D eigenvalue weighted by atomic mass is 127. The third-order valence-electron chi connectivity index (χ3n) is 5.13. The fourth-order valence-corrected chi connectivity index (χ4v) is 7.65. The number of hydrogen-bond donors (Lipinski definition) is 3. The van der Waals surface area contributed by atoms with E-state index in [0.29, 0.717) is 0 Å². The molecule has 0 fully saturated rings. The van der Waals surface area contributed by atoms with Gasteiger partial charge in [0.2, 0.25) is 5.91 Å². The summed E-state index contributed by atoms with van der Waals surface area (Å²) < 4.78 is 25.9. The zero-order chi connectivity index (χ0) is 34.3. The highest BCUT2D eigenvalue weighted by molar-refractivity contribution is 14.1. The molecule has 15 nitrogen and oxygen atoms in total. The third-order valence-corrected chi connectivity index (χ3v) is 8.36. The summed E-state index contributed by atoms with van der Waals surface area (Å²) in [6.07, 6.45) is 1.46. The topological polar surface area (TPSA) is 202 Å². The Balaban J connectivity index is 3.65. The molecule has 3 amide bonds. The van der Waals surface area contributed by atoms with Crippen LogP contribution in [0.3, 0.4) is 0 Å². The number of anilines is 1. The number of amides is 3. The van der Waals surface area contributed by atoms with Gasteiger partial charge in [0.25, 0.3) is 11.8 Å². The summed E-state index contributed by atoms with van der Waals surface area (Å²) in [5.41, 5.74) is 0.0552. The van der Waals surface area contributed by atoms with Crippen molar-refractivity contribution in [1.29, 1.82) is 0 Å². The molecule has 248 valence electrons. The minimum absolute atomic E-state index is 0.0313. The minimum atomic E-state index is -0.962. The van der Waals surface area contributed by atoms with Crippen molar-refractivity contribution in [3.05, 3.63) is 34.5 Å². The molecule has 1 aromatic rings. The van der Waals surface area contributed by atoms with Gasteiger partial charge in [-0.1, -0.05) is 6.08 Å². The maximum atomic E-state index is 13.7. The quantitative estimate of drug-likeness (QED) is 0.0677. The summed E-state index contributed by atoms with van der Waals surface area (Å²) in [4.78, 5) is 85.7. The molecule has 1 aromatic carbocycles. The lowest BCUT2D eigenvalue weighted by Crippen LogP contribution is -2.44. The molecule has 0 unspecified atom stereocenters. The molecule has 45 heavy (non-hydrogen) atoms. The van der Waals surface area contributed by atoms with Gasteiger partial charge in [-0.3, -0.25) is 33.6 Å². The van der Waals surface area contributed by atoms with Gasteiger partial charge in [0.15, 0.2) is 0 Å². The van der Waals surface area contributed by atoms with Crippen LogP contribution in [0.15, 0.2) is 12.7 Å². The van der Waals surface area contributed by atoms with Gasteiger partial charge in [0.05, 0.1) is 42.6 Å². The molecule has 0 bridgehead atoms. The second-order valence-corrected chi connectivity index (χ2v) is 12.2. The summed E-state index contributed by atoms with van der Waals surface area (Å²) in [6, 6.07) is -1.92. The molecule has 0 aliphatic rings. The zero-order valence-electron chi connectivity index (χ0n) is 24.7. The number of esters is 4. The summed E-state index contributed by atoms with van der Waals surface area (Å²) in [5, 5.41) is 7.95. The lowest BCUT2D eigenvalue weighted by molar-refractivity contribution is -0.146. The summed E-state index contributed by atoms with van der Waals surface area (Å²) in [7, 11) is 0. The molecule has 18 heteroatoms. The standard InChI is InChI=1S/C27H32I3N3O12/c1-6-7-41-12-19(38)33-25-23(29)20(26(39)31-17(8-42-13(2)34)9-43-14(3)35)22(28)21(24(25)30)27(40)32-18(10-44-15(4)36)11-45-16(5)37/h6,17-18H,1,7-12H2,2-5H3,(H,31,39)(H,32,40)(H,33,38). The van der Waals surface area contributed by atoms with Crippen molar-refractivity contribution in [2.24, 2.45) is 0 Å². The molecule has 0 spiro atoms. The number of carbonyl (C=O) groups is 7. The maximum absolute atomic E-state index is 13.7. The van der Waals surface area contributed by atoms with Crippen molar-refractivity contribution in [3.63, 3.8) is 0 Å². The van der Waals surface area contributed by atoms with Crippen LogP contribution in [0.25, 0.3) is 0 Å². The van der Waals surface area contributed by atoms with Gasteiger partial charge in [0.1, 0.15) is 33.0 Å². The molecular weight excluding hydrogens is 939 g/mol. The van der Waals surface area contributed by atoms with E-state index in [0.717, 1.165) is 0 Å². The fraction of sp³-hybridized carbons (Fsp3) is 0.444. The van der Waals surface area contributed by atoms with Gasteiger partial charge < -0.3 is 39.6 Å². The monoisotopic (exact) mass is 971 g/mol. The Morgan fingerprint density at radius 3 is 1.33 bits per heavy atom. The van der Waals surface area contributed by atoms with Crippen LogP contribution in [0.4, 0.5) is 5.69 Å². The second kappa shape index (κ2) is 20.5. The number of benzene rings is 1. The maximum Gasteiger partial charge on any atom is 0.302 e. The van der Waals surface area contributed by atoms with Crippen LogP contribution in [0.1, 0.15) is 48.4 Å². The van der Waals surface area contributed by atoms with Gasteiger partial charge >= 0.3 is 23.9 Å². The van der Waals surface area contributed by atoms with Gasteiger partial charge in [-0.25, -0.2) is 0 Å². The average molecular weight is 971 g/mol. The Labute approximate surface area is 300 Å². The van der Waals surface area contributed by atoms with Gasteiger partial charge in [-0.05, 0) is 67.8 Å². The van der Waals surface area contributed by atoms with Crippen molar-refractivity contribution in [1.82, 2.24) is 10.6 Å². The summed E-state index contributed by atoms with van der Waals surface area (Å²) >= 11 is 5.49. The van der Waals surface area contributed by atoms with Crippen molar-refractivity contribution in [2.45, 2.75) is 39.8 Å². The van der Waals surface area contributed by atoms with Crippen LogP contribution in [-0.2, 0) is 47.7 Å². The molecule has 3 N–H and O–H groups in total. The largest absolute Gasteiger partial charge is 0.464 e. The van der Waals surface area contributed by atoms with Gasteiger partial charge in [-0.2, -0.15) is 0 Å². The van der Waals surface area contributed by atoms with Gasteiger partial charge in [-0.15, -0.1) is 6.58 Å². The first-order valence-electron chi connectivity index (χ1n) is 12.9. The van der Waals surface area contributed by atoms with Crippen LogP contribution in [0.5, 0.6) is 0 Å². The lowest BCUT2D eigenvalue weighted by atomic mass is 10.1. The highest BCUT2D eigenvalue weighted by Crippen LogP contribution is 2.36. The third kappa shape index (κ3) is 14.6. The molecule has 0 saturated heterocycles. The van der Waals surface area contributed by atoms with E-state index in [1.165, 1.54) is 33.8 Å². The van der Waals surface area contributed by atoms with E-state index in [-0.39, 0.29) is 67.2 Å². The van der Waals surface area contributed by atoms with E-state index in [4.69, 9.17) is 23.7 Å². The molecule has 0 aliphatic heterocycles. The van der Waals surface area contributed by atoms with E-state index in [2.05, 4.69) is 22.5 Å². The molecule has 0 radical (unpaired) electrons. The molecule has 0 aromatic heterocycles. The Morgan fingerprint density at radius 1 is 0.667 bits per heavy atom. The summed E-state index contributed by atoms with van der Waals surface area (Å²) in [6.45, 7) is 6.67. The van der Waals surface area contributed by atoms with Crippen molar-refractivity contribution >= 4 is 115 Å². The Morgan fingerprint density at radius 2 is 1.02 bits per heavy atom. The highest BCUT2D eigenvalue weighted by Gasteiger charge is 2.31. The predicted octanol–water partition coefficient (Wildman–Crippen LogP) is 2.09. The average Bonchev–Trinajstić information content (AvgIpc) is 2.93. The van der Waals surface area contributed by atoms with Crippen molar-refractivity contribution < 1.29 is 57.2 Å². The fourth-order valence-electron chi connectivity index (χ4n) is 3.23. The molecular formula is C27H32I3N3O12. The van der Waals surface area contributed by atoms with E-state index < -0.39 is 53.7 Å².